The summed E-state index contributed by atoms with van der Waals surface area (Å²) in [5, 5.41) is 29.3. The van der Waals surface area contributed by atoms with Crippen LogP contribution in [0.5, 0.6) is 0 Å². The van der Waals surface area contributed by atoms with Crippen LogP contribution in [0.25, 0.3) is 10.4 Å². The summed E-state index contributed by atoms with van der Waals surface area (Å²) in [5.41, 5.74) is 15.2. The zero-order valence-electron chi connectivity index (χ0n) is 41.8. The van der Waals surface area contributed by atoms with Crippen molar-refractivity contribution in [1.29, 1.82) is 0 Å². The number of carbonyl (C=O) groups is 5. The second kappa shape index (κ2) is 20.6. The number of rotatable bonds is 14. The summed E-state index contributed by atoms with van der Waals surface area (Å²) < 4.78 is 0. The monoisotopic (exact) mass is 1010 g/mol. The molecule has 10 rings (SSSR count). The predicted octanol–water partition coefficient (Wildman–Crippen LogP) is 7.94. The Balaban J connectivity index is 0.834. The second-order valence-electron chi connectivity index (χ2n) is 20.5. The number of hydroxylamine groups is 1. The molecule has 4 aliphatic heterocycles. The summed E-state index contributed by atoms with van der Waals surface area (Å²) in [6.07, 6.45) is 1.79. The first-order valence-electron chi connectivity index (χ1n) is 25.4. The van der Waals surface area contributed by atoms with Crippen LogP contribution in [0.2, 0.25) is 0 Å². The largest absolute Gasteiger partial charge is 0.397 e. The molecule has 0 saturated carbocycles. The number of nitrogen functional groups attached to an aromatic ring is 1. The van der Waals surface area contributed by atoms with Crippen molar-refractivity contribution in [1.82, 2.24) is 30.4 Å². The molecule has 6 aromatic rings. The molecule has 4 aliphatic rings. The number of nitrogens with two attached hydrogens (primary N) is 1. The Kier molecular flexibility index (Phi) is 14.0. The first-order valence-corrected chi connectivity index (χ1v) is 26.3. The van der Waals surface area contributed by atoms with Gasteiger partial charge >= 0.3 is 0 Å². The number of nitrogens with one attached hydrogen (secondary N) is 3. The number of hydrogen-bond donors (Lipinski definition) is 6. The van der Waals surface area contributed by atoms with Crippen molar-refractivity contribution < 1.29 is 34.3 Å². The van der Waals surface area contributed by atoms with E-state index in [4.69, 9.17) is 10.9 Å². The third kappa shape index (κ3) is 9.36. The molecule has 2 saturated heterocycles. The van der Waals surface area contributed by atoms with Crippen LogP contribution in [0.3, 0.4) is 0 Å². The number of thiophene rings is 1. The summed E-state index contributed by atoms with van der Waals surface area (Å²) in [6.45, 7) is 8.49. The lowest BCUT2D eigenvalue weighted by molar-refractivity contribution is -0.137. The van der Waals surface area contributed by atoms with Gasteiger partial charge in [0.1, 0.15) is 0 Å². The molecular weight excluding hydrogens is 953 g/mol. The Hall–Kier alpha value is -7.21. The first kappa shape index (κ1) is 50.3. The summed E-state index contributed by atoms with van der Waals surface area (Å²) in [4.78, 5) is 76.8. The maximum Gasteiger partial charge on any atom is 0.274 e. The van der Waals surface area contributed by atoms with Crippen molar-refractivity contribution in [2.45, 2.75) is 89.4 Å². The SMILES string of the molecule is CC(Cc1cccc2c1C(=O)N(Cc1ccc(C(=O)Nc3cc(-c4cccs4)ccc3N)cc1)C21CCN(C(=O)C(C)C)CC1)NC(O)N1CCC2(CC1)c1ccccc1C(=O)N2Cc1ccc(C(=O)NO)cc1. The summed E-state index contributed by atoms with van der Waals surface area (Å²) in [7, 11) is 0. The van der Waals surface area contributed by atoms with Gasteiger partial charge in [0.05, 0.1) is 22.5 Å². The number of carbonyl (C=O) groups excluding carboxylic acids is 5. The molecular formula is C58H62N8O7S. The third-order valence-corrected chi connectivity index (χ3v) is 16.6. The van der Waals surface area contributed by atoms with Crippen LogP contribution < -0.4 is 21.8 Å². The molecule has 16 heteroatoms. The molecule has 2 unspecified atom stereocenters. The summed E-state index contributed by atoms with van der Waals surface area (Å²) >= 11 is 1.61. The molecule has 5 heterocycles. The molecule has 5 aromatic carbocycles. The number of aliphatic hydroxyl groups is 1. The Morgan fingerprint density at radius 3 is 1.95 bits per heavy atom. The highest BCUT2D eigenvalue weighted by molar-refractivity contribution is 7.13. The maximum atomic E-state index is 15.1. The summed E-state index contributed by atoms with van der Waals surface area (Å²) in [5.74, 6) is -1.10. The van der Waals surface area contributed by atoms with Gasteiger partial charge in [-0.05, 0) is 126 Å². The van der Waals surface area contributed by atoms with Crippen LogP contribution in [0.1, 0.15) is 116 Å². The number of benzene rings is 5. The van der Waals surface area contributed by atoms with Gasteiger partial charge in [0, 0.05) is 78.4 Å². The molecule has 2 spiro atoms. The van der Waals surface area contributed by atoms with Crippen LogP contribution in [-0.2, 0) is 35.4 Å². The Labute approximate surface area is 434 Å². The van der Waals surface area contributed by atoms with E-state index in [0.29, 0.717) is 105 Å². The van der Waals surface area contributed by atoms with Gasteiger partial charge in [-0.25, -0.2) is 5.48 Å². The molecule has 5 amide bonds. The molecule has 0 radical (unpaired) electrons. The van der Waals surface area contributed by atoms with Crippen LogP contribution >= 0.6 is 11.3 Å². The number of aliphatic hydroxyl groups excluding tert-OH is 1. The van der Waals surface area contributed by atoms with E-state index in [0.717, 1.165) is 38.3 Å². The minimum Gasteiger partial charge on any atom is -0.397 e. The van der Waals surface area contributed by atoms with Crippen LogP contribution in [0, 0.1) is 5.92 Å². The van der Waals surface area contributed by atoms with Gasteiger partial charge in [0.2, 0.25) is 5.91 Å². The fourth-order valence-electron chi connectivity index (χ4n) is 11.7. The maximum absolute atomic E-state index is 15.1. The molecule has 7 N–H and O–H groups in total. The molecule has 2 fully saturated rings. The van der Waals surface area contributed by atoms with Crippen molar-refractivity contribution in [2.75, 3.05) is 37.2 Å². The van der Waals surface area contributed by atoms with Crippen LogP contribution in [0.4, 0.5) is 11.4 Å². The van der Waals surface area contributed by atoms with Crippen LogP contribution in [-0.4, -0.2) is 98.0 Å². The number of anilines is 2. The van der Waals surface area contributed by atoms with E-state index in [1.807, 2.05) is 119 Å². The lowest BCUT2D eigenvalue weighted by atomic mass is 9.79. The fourth-order valence-corrected chi connectivity index (χ4v) is 12.5. The van der Waals surface area contributed by atoms with Gasteiger partial charge < -0.3 is 30.9 Å². The average Bonchev–Trinajstić information content (AvgIpc) is 4.11. The third-order valence-electron chi connectivity index (χ3n) is 15.7. The highest BCUT2D eigenvalue weighted by Crippen LogP contribution is 2.49. The van der Waals surface area contributed by atoms with Crippen molar-refractivity contribution in [2.24, 2.45) is 5.92 Å². The van der Waals surface area contributed by atoms with Crippen molar-refractivity contribution in [3.8, 4) is 10.4 Å². The highest BCUT2D eigenvalue weighted by Gasteiger charge is 2.53. The van der Waals surface area contributed by atoms with Gasteiger partial charge in [0.25, 0.3) is 23.6 Å². The first-order chi connectivity index (χ1) is 35.7. The predicted molar refractivity (Wildman–Crippen MR) is 284 cm³/mol. The van der Waals surface area contributed by atoms with Crippen molar-refractivity contribution in [3.05, 3.63) is 177 Å². The number of likely N-dealkylation sites (tertiary alicyclic amines) is 2. The van der Waals surface area contributed by atoms with Gasteiger partial charge in [0.15, 0.2) is 6.35 Å². The number of hydrogen-bond acceptors (Lipinski definition) is 11. The van der Waals surface area contributed by atoms with E-state index in [1.54, 1.807) is 59.3 Å². The minimum atomic E-state index is -0.995. The van der Waals surface area contributed by atoms with Gasteiger partial charge in [-0.3, -0.25) is 39.4 Å². The van der Waals surface area contributed by atoms with E-state index in [9.17, 15) is 24.3 Å². The minimum absolute atomic E-state index is 0.0602. The Morgan fingerprint density at radius 2 is 1.31 bits per heavy atom. The van der Waals surface area contributed by atoms with Crippen molar-refractivity contribution >= 4 is 52.2 Å². The molecule has 1 aromatic heterocycles. The van der Waals surface area contributed by atoms with E-state index in [2.05, 4.69) is 16.7 Å². The lowest BCUT2D eigenvalue weighted by Crippen LogP contribution is -2.57. The highest BCUT2D eigenvalue weighted by atomic mass is 32.1. The quantitative estimate of drug-likeness (QED) is 0.0269. The van der Waals surface area contributed by atoms with E-state index in [1.165, 1.54) is 0 Å². The van der Waals surface area contributed by atoms with Gasteiger partial charge in [-0.1, -0.05) is 86.6 Å². The Bertz CT molecular complexity index is 3090. The average molecular weight is 1020 g/mol. The Morgan fingerprint density at radius 1 is 0.703 bits per heavy atom. The molecule has 382 valence electrons. The topological polar surface area (TPSA) is 201 Å². The number of nitrogens with zero attached hydrogens (tertiary/aromatic N) is 4. The van der Waals surface area contributed by atoms with E-state index < -0.39 is 23.3 Å². The van der Waals surface area contributed by atoms with Crippen molar-refractivity contribution in [3.63, 3.8) is 0 Å². The molecule has 0 aliphatic carbocycles. The number of fused-ring (bicyclic) bond motifs is 4. The standard InChI is InChI=1S/C58H62N8O7S/c1-36(2)53(69)63-27-23-58(24-28-63)46-11-6-8-43(50(46)55(71)66(58)35-39-13-17-40(18-14-39)51(67)61-48-33-42(21-22-47(48)59)49-12-7-31-74-49)32-37(3)60-56(72)64-29-25-57(26-30-64)45-10-5-4-9-44(45)54(70)65(57)34-38-15-19-41(20-16-38)52(68)62-73/h4-22,31,33,36-37,56,60,72-73H,23-30,32,34-35,59H2,1-3H3,(H,61,67)(H,62,68). The van der Waals surface area contributed by atoms with E-state index >= 15 is 4.79 Å². The molecule has 0 bridgehead atoms. The van der Waals surface area contributed by atoms with Crippen LogP contribution in [0.15, 0.2) is 127 Å². The molecule has 15 nitrogen and oxygen atoms in total. The lowest BCUT2D eigenvalue weighted by Gasteiger charge is -2.46. The molecule has 2 atom stereocenters. The zero-order valence-corrected chi connectivity index (χ0v) is 42.7. The normalized spacial score (nSPS) is 17.7. The molecule has 74 heavy (non-hydrogen) atoms. The number of amides is 5. The smallest absolute Gasteiger partial charge is 0.274 e. The second-order valence-corrected chi connectivity index (χ2v) is 21.4. The number of piperidine rings is 2. The summed E-state index contributed by atoms with van der Waals surface area (Å²) in [6, 6.07) is 37.3. The fraction of sp³-hybridized carbons (Fsp3) is 0.328. The zero-order chi connectivity index (χ0) is 51.9. The van der Waals surface area contributed by atoms with Gasteiger partial charge in [-0.2, -0.15) is 0 Å². The van der Waals surface area contributed by atoms with Gasteiger partial charge in [-0.15, -0.1) is 11.3 Å². The van der Waals surface area contributed by atoms with E-state index in [-0.39, 0.29) is 35.6 Å².